The normalized spacial score (nSPS) is 12.5. The molecule has 2 unspecified atom stereocenters. The maximum atomic E-state index is 13.6. The van der Waals surface area contributed by atoms with Crippen molar-refractivity contribution in [2.45, 2.75) is 45.3 Å². The van der Waals surface area contributed by atoms with Crippen LogP contribution in [0.4, 0.5) is 0 Å². The average molecular weight is 548 g/mol. The van der Waals surface area contributed by atoms with E-state index in [-0.39, 0.29) is 25.1 Å². The predicted molar refractivity (Wildman–Crippen MR) is 146 cm³/mol. The lowest BCUT2D eigenvalue weighted by Crippen LogP contribution is -2.53. The highest BCUT2D eigenvalue weighted by molar-refractivity contribution is 6.36. The van der Waals surface area contributed by atoms with E-state index < -0.39 is 11.9 Å². The highest BCUT2D eigenvalue weighted by Crippen LogP contribution is 2.28. The molecule has 0 spiro atoms. The molecule has 36 heavy (non-hydrogen) atoms. The van der Waals surface area contributed by atoms with E-state index in [4.69, 9.17) is 39.5 Å². The molecule has 0 heterocycles. The molecule has 0 bridgehead atoms. The minimum absolute atomic E-state index is 0.0364. The average Bonchev–Trinajstić information content (AvgIpc) is 2.87. The van der Waals surface area contributed by atoms with E-state index in [0.29, 0.717) is 32.8 Å². The topological polar surface area (TPSA) is 58.6 Å². The summed E-state index contributed by atoms with van der Waals surface area (Å²) in [6, 6.07) is 20.7. The van der Waals surface area contributed by atoms with E-state index in [9.17, 15) is 9.59 Å². The lowest BCUT2D eigenvalue weighted by atomic mass is 10.0. The highest BCUT2D eigenvalue weighted by atomic mass is 35.5. The Balaban J connectivity index is 1.97. The predicted octanol–water partition coefficient (Wildman–Crippen LogP) is 6.58. The van der Waals surface area contributed by atoms with Gasteiger partial charge in [-0.05, 0) is 43.2 Å². The summed E-state index contributed by atoms with van der Waals surface area (Å²) < 4.78 is 5.74. The second kappa shape index (κ2) is 13.5. The third kappa shape index (κ3) is 7.63. The molecule has 1 N–H and O–H groups in total. The second-order valence-electron chi connectivity index (χ2n) is 8.46. The molecule has 0 radical (unpaired) electrons. The van der Waals surface area contributed by atoms with Crippen molar-refractivity contribution in [1.82, 2.24) is 10.2 Å². The Morgan fingerprint density at radius 3 is 2.14 bits per heavy atom. The number of para-hydroxylation sites is 1. The van der Waals surface area contributed by atoms with Gasteiger partial charge in [-0.15, -0.1) is 0 Å². The fraction of sp³-hybridized carbons (Fsp3) is 0.286. The first-order valence-electron chi connectivity index (χ1n) is 11.7. The van der Waals surface area contributed by atoms with Gasteiger partial charge >= 0.3 is 0 Å². The molecule has 8 heteroatoms. The number of nitrogens with one attached hydrogen (secondary N) is 1. The minimum Gasteiger partial charge on any atom is -0.482 e. The van der Waals surface area contributed by atoms with Crippen molar-refractivity contribution >= 4 is 46.6 Å². The summed E-state index contributed by atoms with van der Waals surface area (Å²) in [6.45, 7) is 3.64. The molecule has 2 atom stereocenters. The summed E-state index contributed by atoms with van der Waals surface area (Å²) in [4.78, 5) is 28.6. The van der Waals surface area contributed by atoms with Crippen molar-refractivity contribution < 1.29 is 14.3 Å². The van der Waals surface area contributed by atoms with Crippen LogP contribution in [0, 0.1) is 0 Å². The van der Waals surface area contributed by atoms with Crippen LogP contribution in [-0.2, 0) is 22.6 Å². The van der Waals surface area contributed by atoms with E-state index in [1.165, 1.54) is 4.90 Å². The summed E-state index contributed by atoms with van der Waals surface area (Å²) in [7, 11) is 0. The van der Waals surface area contributed by atoms with Gasteiger partial charge in [0, 0.05) is 34.6 Å². The summed E-state index contributed by atoms with van der Waals surface area (Å²) in [5.74, 6) is -0.277. The van der Waals surface area contributed by atoms with Gasteiger partial charge in [0.15, 0.2) is 6.61 Å². The molecule has 3 rings (SSSR count). The van der Waals surface area contributed by atoms with Gasteiger partial charge < -0.3 is 15.0 Å². The smallest absolute Gasteiger partial charge is 0.261 e. The van der Waals surface area contributed by atoms with Crippen molar-refractivity contribution in [1.29, 1.82) is 0 Å². The number of rotatable bonds is 11. The van der Waals surface area contributed by atoms with Crippen LogP contribution in [0.1, 0.15) is 31.4 Å². The number of carbonyl (C=O) groups is 2. The van der Waals surface area contributed by atoms with Gasteiger partial charge in [0.1, 0.15) is 11.8 Å². The van der Waals surface area contributed by atoms with Crippen LogP contribution in [0.15, 0.2) is 72.8 Å². The molecule has 0 aliphatic heterocycles. The van der Waals surface area contributed by atoms with Crippen LogP contribution in [0.3, 0.4) is 0 Å². The first kappa shape index (κ1) is 27.9. The van der Waals surface area contributed by atoms with E-state index in [1.54, 1.807) is 42.5 Å². The highest BCUT2D eigenvalue weighted by Gasteiger charge is 2.32. The number of benzene rings is 3. The van der Waals surface area contributed by atoms with Crippen LogP contribution in [-0.4, -0.2) is 35.4 Å². The Morgan fingerprint density at radius 1 is 0.889 bits per heavy atom. The van der Waals surface area contributed by atoms with Gasteiger partial charge in [0.25, 0.3) is 5.91 Å². The molecule has 2 amide bonds. The fourth-order valence-electron chi connectivity index (χ4n) is 3.63. The van der Waals surface area contributed by atoms with E-state index in [0.717, 1.165) is 12.0 Å². The second-order valence-corrected chi connectivity index (χ2v) is 9.69. The van der Waals surface area contributed by atoms with Crippen LogP contribution in [0.5, 0.6) is 5.75 Å². The molecule has 0 fully saturated rings. The fourth-order valence-corrected chi connectivity index (χ4v) is 4.34. The van der Waals surface area contributed by atoms with Crippen molar-refractivity contribution in [3.63, 3.8) is 0 Å². The van der Waals surface area contributed by atoms with Crippen molar-refractivity contribution in [3.8, 4) is 5.75 Å². The quantitative estimate of drug-likeness (QED) is 0.295. The van der Waals surface area contributed by atoms with Crippen LogP contribution in [0.25, 0.3) is 0 Å². The van der Waals surface area contributed by atoms with Gasteiger partial charge in [-0.1, -0.05) is 90.3 Å². The largest absolute Gasteiger partial charge is 0.482 e. The standard InChI is InChI=1S/C28H29Cl3N2O3/c1-3-19(2)32-28(35)25(16-20-10-5-4-6-11-20)33(17-21-22(29)13-9-14-23(21)30)27(34)18-36-26-15-8-7-12-24(26)31/h4-15,19,25H,3,16-18H2,1-2H3,(H,32,35). The lowest BCUT2D eigenvalue weighted by Gasteiger charge is -2.32. The molecule has 3 aromatic rings. The SMILES string of the molecule is CCC(C)NC(=O)C(Cc1ccccc1)N(Cc1c(Cl)cccc1Cl)C(=O)COc1ccccc1Cl. The van der Waals surface area contributed by atoms with Crippen molar-refractivity contribution in [2.75, 3.05) is 6.61 Å². The summed E-state index contributed by atoms with van der Waals surface area (Å²) in [5.41, 5.74) is 1.47. The molecule has 0 aliphatic rings. The summed E-state index contributed by atoms with van der Waals surface area (Å²) in [5, 5.41) is 4.23. The Hall–Kier alpha value is -2.73. The number of nitrogens with zero attached hydrogens (tertiary/aromatic N) is 1. The van der Waals surface area contributed by atoms with E-state index in [1.807, 2.05) is 44.2 Å². The number of carbonyl (C=O) groups excluding carboxylic acids is 2. The minimum atomic E-state index is -0.823. The van der Waals surface area contributed by atoms with E-state index >= 15 is 0 Å². The Kier molecular flexibility index (Phi) is 10.5. The van der Waals surface area contributed by atoms with Gasteiger partial charge in [0.2, 0.25) is 5.91 Å². The van der Waals surface area contributed by atoms with Crippen molar-refractivity contribution in [3.05, 3.63) is 99.0 Å². The van der Waals surface area contributed by atoms with Gasteiger partial charge in [-0.3, -0.25) is 9.59 Å². The van der Waals surface area contributed by atoms with E-state index in [2.05, 4.69) is 5.32 Å². The Bertz CT molecular complexity index is 1150. The number of ether oxygens (including phenoxy) is 1. The van der Waals surface area contributed by atoms with Crippen LogP contribution in [0.2, 0.25) is 15.1 Å². The first-order valence-corrected chi connectivity index (χ1v) is 12.9. The third-order valence-electron chi connectivity index (χ3n) is 5.85. The van der Waals surface area contributed by atoms with Crippen LogP contribution < -0.4 is 10.1 Å². The molecule has 0 aliphatic carbocycles. The summed E-state index contributed by atoms with van der Waals surface area (Å²) in [6.07, 6.45) is 1.06. The molecule has 0 saturated heterocycles. The number of halogens is 3. The molecular formula is C28H29Cl3N2O3. The van der Waals surface area contributed by atoms with Gasteiger partial charge in [-0.2, -0.15) is 0 Å². The van der Waals surface area contributed by atoms with Crippen LogP contribution >= 0.6 is 34.8 Å². The zero-order chi connectivity index (χ0) is 26.1. The summed E-state index contributed by atoms with van der Waals surface area (Å²) >= 11 is 19.1. The maximum absolute atomic E-state index is 13.6. The molecule has 5 nitrogen and oxygen atoms in total. The monoisotopic (exact) mass is 546 g/mol. The Morgan fingerprint density at radius 2 is 1.50 bits per heavy atom. The molecular weight excluding hydrogens is 519 g/mol. The zero-order valence-electron chi connectivity index (χ0n) is 20.2. The number of hydrogen-bond donors (Lipinski definition) is 1. The zero-order valence-corrected chi connectivity index (χ0v) is 22.5. The molecule has 0 aromatic heterocycles. The van der Waals surface area contributed by atoms with Gasteiger partial charge in [0.05, 0.1) is 5.02 Å². The maximum Gasteiger partial charge on any atom is 0.261 e. The van der Waals surface area contributed by atoms with Gasteiger partial charge in [-0.25, -0.2) is 0 Å². The number of hydrogen-bond acceptors (Lipinski definition) is 3. The van der Waals surface area contributed by atoms with Crippen molar-refractivity contribution in [2.24, 2.45) is 0 Å². The molecule has 190 valence electrons. The third-order valence-corrected chi connectivity index (χ3v) is 6.87. The lowest BCUT2D eigenvalue weighted by molar-refractivity contribution is -0.143. The number of amides is 2. The molecule has 0 saturated carbocycles. The Labute approximate surface area is 227 Å². The molecule has 3 aromatic carbocycles. The first-order chi connectivity index (χ1) is 17.3.